The van der Waals surface area contributed by atoms with Crippen LogP contribution in [0.4, 0.5) is 0 Å². The third kappa shape index (κ3) is 2.13. The monoisotopic (exact) mass is 170 g/mol. The highest BCUT2D eigenvalue weighted by atomic mass is 16.1. The first kappa shape index (κ1) is 8.86. The second-order valence-electron chi connectivity index (χ2n) is 2.77. The van der Waals surface area contributed by atoms with Gasteiger partial charge in [0.25, 0.3) is 0 Å². The molecule has 0 unspecified atom stereocenters. The number of hydrogen-bond donors (Lipinski definition) is 2. The standard InChI is InChI=1S/C7H14N4O/c1-6(12)8-4-7-5-10(2)11(3)9-7/h5,9H,4H2,1-3H3,(H,8,12). The Bertz CT molecular complexity index is 213. The summed E-state index contributed by atoms with van der Waals surface area (Å²) in [6.07, 6.45) is 1.93. The van der Waals surface area contributed by atoms with Crippen LogP contribution in [0.1, 0.15) is 6.92 Å². The molecule has 1 aliphatic rings. The summed E-state index contributed by atoms with van der Waals surface area (Å²) in [7, 11) is 3.82. The maximum absolute atomic E-state index is 10.6. The topological polar surface area (TPSA) is 47.6 Å². The fraction of sp³-hybridized carbons (Fsp3) is 0.571. The fourth-order valence-corrected chi connectivity index (χ4v) is 0.933. The second kappa shape index (κ2) is 3.44. The predicted molar refractivity (Wildman–Crippen MR) is 45.4 cm³/mol. The van der Waals surface area contributed by atoms with Gasteiger partial charge in [-0.1, -0.05) is 0 Å². The lowest BCUT2D eigenvalue weighted by Gasteiger charge is -2.19. The third-order valence-corrected chi connectivity index (χ3v) is 1.65. The van der Waals surface area contributed by atoms with Crippen molar-refractivity contribution >= 4 is 5.91 Å². The Morgan fingerprint density at radius 1 is 1.67 bits per heavy atom. The van der Waals surface area contributed by atoms with E-state index >= 15 is 0 Å². The summed E-state index contributed by atoms with van der Waals surface area (Å²) in [4.78, 5) is 10.6. The van der Waals surface area contributed by atoms with E-state index < -0.39 is 0 Å². The minimum atomic E-state index is -0.0186. The molecule has 0 saturated heterocycles. The molecule has 1 heterocycles. The summed E-state index contributed by atoms with van der Waals surface area (Å²) in [6.45, 7) is 2.05. The highest BCUT2D eigenvalue weighted by molar-refractivity contribution is 5.73. The first-order valence-corrected chi connectivity index (χ1v) is 3.78. The Morgan fingerprint density at radius 2 is 2.33 bits per heavy atom. The number of hydrogen-bond acceptors (Lipinski definition) is 4. The van der Waals surface area contributed by atoms with Crippen molar-refractivity contribution in [3.05, 3.63) is 11.9 Å². The summed E-state index contributed by atoms with van der Waals surface area (Å²) in [6, 6.07) is 0. The Balaban J connectivity index is 2.35. The van der Waals surface area contributed by atoms with Crippen molar-refractivity contribution in [1.29, 1.82) is 0 Å². The number of hydrazine groups is 2. The van der Waals surface area contributed by atoms with E-state index in [0.29, 0.717) is 6.54 Å². The summed E-state index contributed by atoms with van der Waals surface area (Å²) < 4.78 is 0. The Morgan fingerprint density at radius 3 is 2.75 bits per heavy atom. The highest BCUT2D eigenvalue weighted by Crippen LogP contribution is 2.02. The maximum Gasteiger partial charge on any atom is 0.217 e. The maximum atomic E-state index is 10.6. The summed E-state index contributed by atoms with van der Waals surface area (Å²) in [5.41, 5.74) is 4.05. The van der Waals surface area contributed by atoms with Gasteiger partial charge in [0.05, 0.1) is 12.2 Å². The van der Waals surface area contributed by atoms with Gasteiger partial charge in [-0.15, -0.1) is 5.12 Å². The summed E-state index contributed by atoms with van der Waals surface area (Å²) in [5.74, 6) is -0.0186. The molecule has 2 N–H and O–H groups in total. The highest BCUT2D eigenvalue weighted by Gasteiger charge is 2.12. The molecule has 1 amide bonds. The molecule has 0 aromatic heterocycles. The van der Waals surface area contributed by atoms with Crippen LogP contribution in [0.15, 0.2) is 11.9 Å². The zero-order valence-electron chi connectivity index (χ0n) is 7.59. The van der Waals surface area contributed by atoms with Crippen molar-refractivity contribution < 1.29 is 4.79 Å². The molecular formula is C7H14N4O. The Labute approximate surface area is 72.0 Å². The van der Waals surface area contributed by atoms with Gasteiger partial charge >= 0.3 is 0 Å². The van der Waals surface area contributed by atoms with E-state index in [4.69, 9.17) is 0 Å². The smallest absolute Gasteiger partial charge is 0.217 e. The van der Waals surface area contributed by atoms with Gasteiger partial charge in [-0.05, 0) is 0 Å². The zero-order valence-corrected chi connectivity index (χ0v) is 7.59. The first-order chi connectivity index (χ1) is 5.59. The number of carbonyl (C=O) groups is 1. The van der Waals surface area contributed by atoms with E-state index in [-0.39, 0.29) is 5.91 Å². The second-order valence-corrected chi connectivity index (χ2v) is 2.77. The average molecular weight is 170 g/mol. The molecule has 0 aliphatic carbocycles. The quantitative estimate of drug-likeness (QED) is 0.573. The van der Waals surface area contributed by atoms with Crippen molar-refractivity contribution in [2.75, 3.05) is 20.6 Å². The summed E-state index contributed by atoms with van der Waals surface area (Å²) in [5, 5.41) is 6.44. The fourth-order valence-electron chi connectivity index (χ4n) is 0.933. The minimum Gasteiger partial charge on any atom is -0.351 e. The molecule has 12 heavy (non-hydrogen) atoms. The lowest BCUT2D eigenvalue weighted by Crippen LogP contribution is -2.38. The SMILES string of the molecule is CC(=O)NCC1=CN(C)N(C)N1. The Kier molecular flexibility index (Phi) is 2.54. The van der Waals surface area contributed by atoms with Crippen molar-refractivity contribution in [2.45, 2.75) is 6.92 Å². The van der Waals surface area contributed by atoms with Gasteiger partial charge in [-0.2, -0.15) is 0 Å². The zero-order chi connectivity index (χ0) is 9.14. The Hall–Kier alpha value is -1.23. The van der Waals surface area contributed by atoms with E-state index in [1.165, 1.54) is 6.92 Å². The van der Waals surface area contributed by atoms with E-state index in [1.807, 2.05) is 30.4 Å². The van der Waals surface area contributed by atoms with Crippen LogP contribution in [0.5, 0.6) is 0 Å². The normalized spacial score (nSPS) is 17.2. The third-order valence-electron chi connectivity index (χ3n) is 1.65. The van der Waals surface area contributed by atoms with E-state index in [1.54, 1.807) is 0 Å². The minimum absolute atomic E-state index is 0.0186. The van der Waals surface area contributed by atoms with Gasteiger partial charge in [0.1, 0.15) is 0 Å². The van der Waals surface area contributed by atoms with Crippen molar-refractivity contribution in [2.24, 2.45) is 0 Å². The largest absolute Gasteiger partial charge is 0.351 e. The van der Waals surface area contributed by atoms with Crippen molar-refractivity contribution in [3.8, 4) is 0 Å². The average Bonchev–Trinajstić information content (AvgIpc) is 2.28. The van der Waals surface area contributed by atoms with E-state index in [0.717, 1.165) is 5.70 Å². The molecule has 0 bridgehead atoms. The molecule has 0 radical (unpaired) electrons. The number of nitrogens with one attached hydrogen (secondary N) is 2. The van der Waals surface area contributed by atoms with Gasteiger partial charge in [0.15, 0.2) is 0 Å². The van der Waals surface area contributed by atoms with E-state index in [9.17, 15) is 4.79 Å². The molecule has 0 aromatic rings. The molecule has 0 fully saturated rings. The van der Waals surface area contributed by atoms with Gasteiger partial charge in [-0.25, -0.2) is 0 Å². The van der Waals surface area contributed by atoms with Crippen molar-refractivity contribution in [3.63, 3.8) is 0 Å². The van der Waals surface area contributed by atoms with Crippen LogP contribution in [0.25, 0.3) is 0 Å². The predicted octanol–water partition coefficient (Wildman–Crippen LogP) is -0.739. The molecule has 1 aliphatic heterocycles. The molecule has 0 spiro atoms. The molecule has 0 saturated carbocycles. The van der Waals surface area contributed by atoms with Crippen LogP contribution in [-0.4, -0.2) is 36.7 Å². The molecule has 0 aromatic carbocycles. The number of amides is 1. The van der Waals surface area contributed by atoms with Gasteiger partial charge in [0.2, 0.25) is 5.91 Å². The number of rotatable bonds is 2. The first-order valence-electron chi connectivity index (χ1n) is 3.78. The lowest BCUT2D eigenvalue weighted by atomic mass is 10.4. The number of nitrogens with zero attached hydrogens (tertiary/aromatic N) is 2. The molecular weight excluding hydrogens is 156 g/mol. The molecule has 5 heteroatoms. The van der Waals surface area contributed by atoms with Gasteiger partial charge in [-0.3, -0.25) is 9.80 Å². The van der Waals surface area contributed by atoms with Crippen LogP contribution < -0.4 is 10.7 Å². The molecule has 1 rings (SSSR count). The summed E-state index contributed by atoms with van der Waals surface area (Å²) >= 11 is 0. The number of carbonyl (C=O) groups excluding carboxylic acids is 1. The van der Waals surface area contributed by atoms with Gasteiger partial charge < -0.3 is 10.7 Å². The van der Waals surface area contributed by atoms with Crippen LogP contribution in [0, 0.1) is 0 Å². The molecule has 0 atom stereocenters. The van der Waals surface area contributed by atoms with Gasteiger partial charge in [0, 0.05) is 27.2 Å². The van der Waals surface area contributed by atoms with Crippen LogP contribution >= 0.6 is 0 Å². The van der Waals surface area contributed by atoms with Crippen LogP contribution in [-0.2, 0) is 4.79 Å². The lowest BCUT2D eigenvalue weighted by molar-refractivity contribution is -0.118. The molecule has 5 nitrogen and oxygen atoms in total. The van der Waals surface area contributed by atoms with E-state index in [2.05, 4.69) is 10.7 Å². The van der Waals surface area contributed by atoms with Crippen molar-refractivity contribution in [1.82, 2.24) is 20.9 Å². The molecule has 68 valence electrons. The van der Waals surface area contributed by atoms with Crippen LogP contribution in [0.2, 0.25) is 0 Å². The van der Waals surface area contributed by atoms with Crippen LogP contribution in [0.3, 0.4) is 0 Å².